The summed E-state index contributed by atoms with van der Waals surface area (Å²) < 4.78 is 56.3. The normalized spacial score (nSPS) is 11.2. The van der Waals surface area contributed by atoms with Crippen LogP contribution in [0.15, 0.2) is 36.5 Å². The van der Waals surface area contributed by atoms with Crippen LogP contribution in [0.3, 0.4) is 0 Å². The number of hydrogen-bond donors (Lipinski definition) is 0. The molecule has 1 aromatic heterocycles. The molecule has 0 bridgehead atoms. The van der Waals surface area contributed by atoms with E-state index in [1.54, 1.807) is 0 Å². The molecule has 1 heterocycles. The SMILES string of the molecule is O=C(OCc1ccc(F)cn1)c1c([N+](=O)[O-])cccc1C(F)(F)F. The first kappa shape index (κ1) is 17.3. The summed E-state index contributed by atoms with van der Waals surface area (Å²) in [6.45, 7) is -0.567. The van der Waals surface area contributed by atoms with Crippen molar-refractivity contribution in [2.45, 2.75) is 12.8 Å². The molecule has 24 heavy (non-hydrogen) atoms. The third kappa shape index (κ3) is 3.83. The Balaban J connectivity index is 2.33. The molecule has 0 aliphatic rings. The van der Waals surface area contributed by atoms with Crippen LogP contribution in [-0.4, -0.2) is 15.9 Å². The summed E-state index contributed by atoms with van der Waals surface area (Å²) in [6.07, 6.45) is -4.15. The van der Waals surface area contributed by atoms with Gasteiger partial charge in [-0.2, -0.15) is 13.2 Å². The summed E-state index contributed by atoms with van der Waals surface area (Å²) >= 11 is 0. The molecule has 0 N–H and O–H groups in total. The van der Waals surface area contributed by atoms with Gasteiger partial charge >= 0.3 is 12.1 Å². The van der Waals surface area contributed by atoms with E-state index in [-0.39, 0.29) is 5.69 Å². The summed E-state index contributed by atoms with van der Waals surface area (Å²) in [7, 11) is 0. The third-order valence-corrected chi connectivity index (χ3v) is 2.89. The lowest BCUT2D eigenvalue weighted by molar-refractivity contribution is -0.385. The molecular weight excluding hydrogens is 336 g/mol. The Morgan fingerprint density at radius 1 is 1.25 bits per heavy atom. The number of nitro benzene ring substituents is 1. The number of esters is 1. The molecule has 0 saturated carbocycles. The number of halogens is 4. The molecule has 6 nitrogen and oxygen atoms in total. The second-order valence-corrected chi connectivity index (χ2v) is 4.50. The van der Waals surface area contributed by atoms with Gasteiger partial charge in [0.1, 0.15) is 18.0 Å². The van der Waals surface area contributed by atoms with Crippen LogP contribution in [0.2, 0.25) is 0 Å². The number of nitrogens with zero attached hydrogens (tertiary/aromatic N) is 2. The lowest BCUT2D eigenvalue weighted by Crippen LogP contribution is -2.17. The van der Waals surface area contributed by atoms with E-state index in [1.165, 1.54) is 0 Å². The zero-order valence-electron chi connectivity index (χ0n) is 11.7. The number of aromatic nitrogens is 1. The third-order valence-electron chi connectivity index (χ3n) is 2.89. The van der Waals surface area contributed by atoms with E-state index in [1.807, 2.05) is 0 Å². The number of carbonyl (C=O) groups excluding carboxylic acids is 1. The Hall–Kier alpha value is -3.04. The first-order chi connectivity index (χ1) is 11.2. The molecule has 0 atom stereocenters. The molecule has 2 aromatic rings. The first-order valence-corrected chi connectivity index (χ1v) is 6.32. The van der Waals surface area contributed by atoms with Crippen molar-refractivity contribution in [3.8, 4) is 0 Å². The first-order valence-electron chi connectivity index (χ1n) is 6.32. The van der Waals surface area contributed by atoms with E-state index >= 15 is 0 Å². The van der Waals surface area contributed by atoms with Gasteiger partial charge in [-0.05, 0) is 18.2 Å². The van der Waals surface area contributed by atoms with E-state index in [4.69, 9.17) is 0 Å². The Kier molecular flexibility index (Phi) is 4.77. The Bertz CT molecular complexity index is 775. The molecule has 0 spiro atoms. The van der Waals surface area contributed by atoms with Crippen molar-refractivity contribution in [2.24, 2.45) is 0 Å². The maximum atomic E-state index is 13.0. The maximum absolute atomic E-state index is 13.0. The van der Waals surface area contributed by atoms with Gasteiger partial charge in [-0.1, -0.05) is 6.07 Å². The predicted octanol–water partition coefficient (Wildman–Crippen LogP) is 3.50. The molecule has 126 valence electrons. The van der Waals surface area contributed by atoms with E-state index in [0.717, 1.165) is 30.5 Å². The molecule has 0 radical (unpaired) electrons. The molecule has 0 fully saturated rings. The van der Waals surface area contributed by atoms with Gasteiger partial charge in [-0.3, -0.25) is 15.1 Å². The highest BCUT2D eigenvalue weighted by Gasteiger charge is 2.40. The van der Waals surface area contributed by atoms with Gasteiger partial charge in [0.05, 0.1) is 22.4 Å². The van der Waals surface area contributed by atoms with Crippen molar-refractivity contribution in [1.82, 2.24) is 4.98 Å². The predicted molar refractivity (Wildman–Crippen MR) is 71.4 cm³/mol. The molecule has 10 heteroatoms. The second-order valence-electron chi connectivity index (χ2n) is 4.50. The fourth-order valence-electron chi connectivity index (χ4n) is 1.85. The molecule has 0 aliphatic heterocycles. The van der Waals surface area contributed by atoms with Crippen LogP contribution in [0.4, 0.5) is 23.2 Å². The summed E-state index contributed by atoms with van der Waals surface area (Å²) in [4.78, 5) is 25.3. The molecule has 0 saturated heterocycles. The van der Waals surface area contributed by atoms with E-state index in [0.29, 0.717) is 6.07 Å². The van der Waals surface area contributed by atoms with Crippen LogP contribution in [0.25, 0.3) is 0 Å². The largest absolute Gasteiger partial charge is 0.455 e. The highest BCUT2D eigenvalue weighted by atomic mass is 19.4. The summed E-state index contributed by atoms with van der Waals surface area (Å²) in [5.74, 6) is -2.18. The van der Waals surface area contributed by atoms with Gasteiger partial charge in [0.25, 0.3) is 5.69 Å². The number of pyridine rings is 1. The fraction of sp³-hybridized carbons (Fsp3) is 0.143. The summed E-state index contributed by atoms with van der Waals surface area (Å²) in [6, 6.07) is 4.30. The van der Waals surface area contributed by atoms with Gasteiger partial charge in [-0.25, -0.2) is 9.18 Å². The minimum absolute atomic E-state index is 0.0666. The molecule has 0 aliphatic carbocycles. The van der Waals surface area contributed by atoms with Crippen LogP contribution in [-0.2, 0) is 17.5 Å². The molecule has 1 aromatic carbocycles. The Morgan fingerprint density at radius 2 is 1.96 bits per heavy atom. The Labute approximate surface area is 131 Å². The van der Waals surface area contributed by atoms with Crippen molar-refractivity contribution in [3.05, 3.63) is 69.3 Å². The van der Waals surface area contributed by atoms with Crippen molar-refractivity contribution < 1.29 is 32.0 Å². The van der Waals surface area contributed by atoms with Crippen molar-refractivity contribution >= 4 is 11.7 Å². The second kappa shape index (κ2) is 6.60. The van der Waals surface area contributed by atoms with Crippen LogP contribution in [0.1, 0.15) is 21.6 Å². The van der Waals surface area contributed by atoms with Gasteiger partial charge < -0.3 is 4.74 Å². The molecular formula is C14H8F4N2O4. The number of alkyl halides is 3. The smallest absolute Gasteiger partial charge is 0.417 e. The highest BCUT2D eigenvalue weighted by molar-refractivity contribution is 5.95. The topological polar surface area (TPSA) is 82.3 Å². The van der Waals surface area contributed by atoms with E-state index in [9.17, 15) is 32.5 Å². The van der Waals surface area contributed by atoms with Crippen molar-refractivity contribution in [1.29, 1.82) is 0 Å². The summed E-state index contributed by atoms with van der Waals surface area (Å²) in [5.41, 5.74) is -3.63. The van der Waals surface area contributed by atoms with Crippen LogP contribution < -0.4 is 0 Å². The standard InChI is InChI=1S/C14H8F4N2O4/c15-8-4-5-9(19-6-8)7-24-13(21)12-10(14(16,17)18)2-1-3-11(12)20(22)23/h1-6H,7H2. The minimum Gasteiger partial charge on any atom is -0.455 e. The van der Waals surface area contributed by atoms with Crippen LogP contribution >= 0.6 is 0 Å². The number of rotatable bonds is 4. The van der Waals surface area contributed by atoms with Crippen LogP contribution in [0, 0.1) is 15.9 Å². The lowest BCUT2D eigenvalue weighted by atomic mass is 10.1. The number of hydrogen-bond acceptors (Lipinski definition) is 5. The summed E-state index contributed by atoms with van der Waals surface area (Å²) in [5, 5.41) is 10.9. The molecule has 2 rings (SSSR count). The average molecular weight is 344 g/mol. The molecule has 0 amide bonds. The van der Waals surface area contributed by atoms with Crippen LogP contribution in [0.5, 0.6) is 0 Å². The zero-order valence-corrected chi connectivity index (χ0v) is 11.7. The highest BCUT2D eigenvalue weighted by Crippen LogP contribution is 2.36. The van der Waals surface area contributed by atoms with Gasteiger partial charge in [-0.15, -0.1) is 0 Å². The number of ether oxygens (including phenoxy) is 1. The Morgan fingerprint density at radius 3 is 2.50 bits per heavy atom. The minimum atomic E-state index is -4.98. The quantitative estimate of drug-likeness (QED) is 0.367. The van der Waals surface area contributed by atoms with Gasteiger partial charge in [0.2, 0.25) is 0 Å². The van der Waals surface area contributed by atoms with Gasteiger partial charge in [0, 0.05) is 6.07 Å². The van der Waals surface area contributed by atoms with Crippen molar-refractivity contribution in [3.63, 3.8) is 0 Å². The number of carbonyl (C=O) groups is 1. The van der Waals surface area contributed by atoms with Gasteiger partial charge in [0.15, 0.2) is 0 Å². The fourth-order valence-corrected chi connectivity index (χ4v) is 1.85. The number of nitro groups is 1. The average Bonchev–Trinajstić information content (AvgIpc) is 2.52. The molecule has 0 unspecified atom stereocenters. The maximum Gasteiger partial charge on any atom is 0.417 e. The van der Waals surface area contributed by atoms with E-state index in [2.05, 4.69) is 9.72 Å². The lowest BCUT2D eigenvalue weighted by Gasteiger charge is -2.12. The van der Waals surface area contributed by atoms with E-state index < -0.39 is 46.3 Å². The zero-order chi connectivity index (χ0) is 17.9. The number of benzene rings is 1. The monoisotopic (exact) mass is 344 g/mol. The van der Waals surface area contributed by atoms with Crippen molar-refractivity contribution in [2.75, 3.05) is 0 Å².